The Balaban J connectivity index is 2.22. The molecule has 0 aromatic carbocycles. The minimum atomic E-state index is 0.884. The third-order valence-electron chi connectivity index (χ3n) is 4.30. The molecule has 0 aliphatic carbocycles. The fraction of sp³-hybridized carbons (Fsp3) is 1.00. The lowest BCUT2D eigenvalue weighted by Gasteiger charge is -2.34. The molecule has 0 radical (unpaired) electrons. The second kappa shape index (κ2) is 8.13. The van der Waals surface area contributed by atoms with Gasteiger partial charge in [-0.3, -0.25) is 0 Å². The molecular formula is C16H33N. The van der Waals surface area contributed by atoms with Crippen molar-refractivity contribution in [2.75, 3.05) is 19.6 Å². The molecule has 1 heteroatoms. The van der Waals surface area contributed by atoms with Crippen LogP contribution in [0, 0.1) is 17.8 Å². The lowest BCUT2D eigenvalue weighted by atomic mass is 9.88. The molecule has 1 heterocycles. The van der Waals surface area contributed by atoms with Gasteiger partial charge in [0.2, 0.25) is 0 Å². The van der Waals surface area contributed by atoms with Crippen molar-refractivity contribution >= 4 is 0 Å². The van der Waals surface area contributed by atoms with Gasteiger partial charge in [-0.2, -0.15) is 0 Å². The highest BCUT2D eigenvalue weighted by Crippen LogP contribution is 2.25. The first-order valence-corrected chi connectivity index (χ1v) is 7.88. The maximum atomic E-state index is 2.72. The van der Waals surface area contributed by atoms with Gasteiger partial charge in [-0.1, -0.05) is 40.5 Å². The smallest absolute Gasteiger partial charge is 0.000956 e. The van der Waals surface area contributed by atoms with Gasteiger partial charge in [0, 0.05) is 6.54 Å². The second-order valence-electron chi connectivity index (χ2n) is 6.44. The van der Waals surface area contributed by atoms with E-state index in [0.29, 0.717) is 0 Å². The third kappa shape index (κ3) is 5.90. The quantitative estimate of drug-likeness (QED) is 0.629. The summed E-state index contributed by atoms with van der Waals surface area (Å²) >= 11 is 0. The highest BCUT2D eigenvalue weighted by atomic mass is 15.1. The molecule has 0 amide bonds. The first kappa shape index (κ1) is 15.0. The van der Waals surface area contributed by atoms with Crippen LogP contribution < -0.4 is 0 Å². The van der Waals surface area contributed by atoms with Gasteiger partial charge in [-0.25, -0.2) is 0 Å². The van der Waals surface area contributed by atoms with Crippen molar-refractivity contribution in [3.63, 3.8) is 0 Å². The summed E-state index contributed by atoms with van der Waals surface area (Å²) < 4.78 is 0. The van der Waals surface area contributed by atoms with E-state index in [2.05, 4.69) is 32.6 Å². The minimum Gasteiger partial charge on any atom is -0.303 e. The minimum absolute atomic E-state index is 0.884. The molecule has 1 aliphatic heterocycles. The summed E-state index contributed by atoms with van der Waals surface area (Å²) in [5.41, 5.74) is 0. The molecule has 1 atom stereocenters. The Morgan fingerprint density at radius 2 is 1.76 bits per heavy atom. The Labute approximate surface area is 109 Å². The first-order valence-electron chi connectivity index (χ1n) is 7.88. The van der Waals surface area contributed by atoms with Gasteiger partial charge in [-0.05, 0) is 56.5 Å². The van der Waals surface area contributed by atoms with Gasteiger partial charge in [0.1, 0.15) is 0 Å². The predicted molar refractivity (Wildman–Crippen MR) is 77.3 cm³/mol. The Hall–Kier alpha value is -0.0400. The molecule has 1 unspecified atom stereocenters. The van der Waals surface area contributed by atoms with Crippen molar-refractivity contribution in [1.29, 1.82) is 0 Å². The summed E-state index contributed by atoms with van der Waals surface area (Å²) in [6, 6.07) is 0. The third-order valence-corrected chi connectivity index (χ3v) is 4.30. The zero-order chi connectivity index (χ0) is 12.7. The van der Waals surface area contributed by atoms with E-state index in [1.54, 1.807) is 0 Å². The Morgan fingerprint density at radius 3 is 2.24 bits per heavy atom. The van der Waals surface area contributed by atoms with Crippen LogP contribution in [0.25, 0.3) is 0 Å². The number of hydrogen-bond donors (Lipinski definition) is 0. The molecule has 0 bridgehead atoms. The van der Waals surface area contributed by atoms with Gasteiger partial charge in [-0.15, -0.1) is 0 Å². The predicted octanol–water partition coefficient (Wildman–Crippen LogP) is 4.57. The molecule has 0 aromatic heterocycles. The van der Waals surface area contributed by atoms with Gasteiger partial charge in [0.25, 0.3) is 0 Å². The van der Waals surface area contributed by atoms with Gasteiger partial charge < -0.3 is 4.90 Å². The zero-order valence-electron chi connectivity index (χ0n) is 12.5. The van der Waals surface area contributed by atoms with E-state index in [1.807, 2.05) is 0 Å². The van der Waals surface area contributed by atoms with Gasteiger partial charge in [0.05, 0.1) is 0 Å². The first-order chi connectivity index (χ1) is 8.15. The number of nitrogens with zero attached hydrogens (tertiary/aromatic N) is 1. The molecule has 0 saturated carbocycles. The van der Waals surface area contributed by atoms with Crippen LogP contribution in [0.15, 0.2) is 0 Å². The average molecular weight is 239 g/mol. The van der Waals surface area contributed by atoms with Crippen molar-refractivity contribution in [2.45, 2.75) is 66.2 Å². The van der Waals surface area contributed by atoms with E-state index in [1.165, 1.54) is 58.2 Å². The molecule has 1 aliphatic rings. The largest absolute Gasteiger partial charge is 0.303 e. The van der Waals surface area contributed by atoms with Crippen LogP contribution in [0.5, 0.6) is 0 Å². The lowest BCUT2D eigenvalue weighted by Crippen LogP contribution is -2.37. The Morgan fingerprint density at radius 1 is 1.12 bits per heavy atom. The van der Waals surface area contributed by atoms with Crippen LogP contribution in [0.2, 0.25) is 0 Å². The number of likely N-dealkylation sites (tertiary alicyclic amines) is 1. The average Bonchev–Trinajstić information content (AvgIpc) is 2.30. The highest BCUT2D eigenvalue weighted by molar-refractivity contribution is 4.75. The van der Waals surface area contributed by atoms with Gasteiger partial charge >= 0.3 is 0 Å². The topological polar surface area (TPSA) is 3.24 Å². The number of rotatable bonds is 7. The molecular weight excluding hydrogens is 206 g/mol. The molecule has 0 spiro atoms. The SMILES string of the molecule is CCCC(CC)CN1CCC(CC(C)C)CC1. The molecule has 17 heavy (non-hydrogen) atoms. The van der Waals surface area contributed by atoms with E-state index in [4.69, 9.17) is 0 Å². The summed E-state index contributed by atoms with van der Waals surface area (Å²) in [7, 11) is 0. The summed E-state index contributed by atoms with van der Waals surface area (Å²) in [6.45, 7) is 13.5. The van der Waals surface area contributed by atoms with Crippen molar-refractivity contribution in [3.05, 3.63) is 0 Å². The number of piperidine rings is 1. The summed E-state index contributed by atoms with van der Waals surface area (Å²) in [6.07, 6.45) is 8.46. The van der Waals surface area contributed by atoms with Crippen LogP contribution in [0.4, 0.5) is 0 Å². The highest BCUT2D eigenvalue weighted by Gasteiger charge is 2.21. The molecule has 1 fully saturated rings. The number of hydrogen-bond acceptors (Lipinski definition) is 1. The molecule has 1 nitrogen and oxygen atoms in total. The van der Waals surface area contributed by atoms with Crippen LogP contribution in [-0.2, 0) is 0 Å². The normalized spacial score (nSPS) is 21.0. The monoisotopic (exact) mass is 239 g/mol. The maximum absolute atomic E-state index is 2.72. The fourth-order valence-corrected chi connectivity index (χ4v) is 3.27. The Bertz CT molecular complexity index is 180. The summed E-state index contributed by atoms with van der Waals surface area (Å²) in [5.74, 6) is 2.84. The zero-order valence-corrected chi connectivity index (χ0v) is 12.5. The Kier molecular flexibility index (Phi) is 7.18. The van der Waals surface area contributed by atoms with Crippen molar-refractivity contribution in [3.8, 4) is 0 Å². The van der Waals surface area contributed by atoms with E-state index in [-0.39, 0.29) is 0 Å². The van der Waals surface area contributed by atoms with E-state index in [0.717, 1.165) is 17.8 Å². The van der Waals surface area contributed by atoms with Gasteiger partial charge in [0.15, 0.2) is 0 Å². The second-order valence-corrected chi connectivity index (χ2v) is 6.44. The van der Waals surface area contributed by atoms with E-state index >= 15 is 0 Å². The van der Waals surface area contributed by atoms with Crippen LogP contribution in [-0.4, -0.2) is 24.5 Å². The summed E-state index contributed by atoms with van der Waals surface area (Å²) in [4.78, 5) is 2.72. The van der Waals surface area contributed by atoms with Crippen LogP contribution in [0.1, 0.15) is 66.2 Å². The molecule has 102 valence electrons. The van der Waals surface area contributed by atoms with Crippen LogP contribution >= 0.6 is 0 Å². The molecule has 1 rings (SSSR count). The maximum Gasteiger partial charge on any atom is 0.000956 e. The van der Waals surface area contributed by atoms with E-state index in [9.17, 15) is 0 Å². The van der Waals surface area contributed by atoms with Crippen molar-refractivity contribution in [1.82, 2.24) is 4.90 Å². The molecule has 0 N–H and O–H groups in total. The van der Waals surface area contributed by atoms with Crippen LogP contribution in [0.3, 0.4) is 0 Å². The molecule has 1 saturated heterocycles. The van der Waals surface area contributed by atoms with E-state index < -0.39 is 0 Å². The lowest BCUT2D eigenvalue weighted by molar-refractivity contribution is 0.145. The van der Waals surface area contributed by atoms with Crippen molar-refractivity contribution < 1.29 is 0 Å². The molecule has 0 aromatic rings. The fourth-order valence-electron chi connectivity index (χ4n) is 3.27. The standard InChI is InChI=1S/C16H33N/c1-5-7-15(6-2)13-17-10-8-16(9-11-17)12-14(3)4/h14-16H,5-13H2,1-4H3. The summed E-state index contributed by atoms with van der Waals surface area (Å²) in [5, 5.41) is 0. The van der Waals surface area contributed by atoms with Crippen molar-refractivity contribution in [2.24, 2.45) is 17.8 Å².